The van der Waals surface area contributed by atoms with E-state index in [-0.39, 0.29) is 12.1 Å². The fourth-order valence-corrected chi connectivity index (χ4v) is 1.84. The molecule has 5 nitrogen and oxygen atoms in total. The van der Waals surface area contributed by atoms with Crippen molar-refractivity contribution in [3.63, 3.8) is 0 Å². The Hall–Kier alpha value is -1.57. The second kappa shape index (κ2) is 6.74. The van der Waals surface area contributed by atoms with E-state index >= 15 is 0 Å². The van der Waals surface area contributed by atoms with Gasteiger partial charge in [-0.2, -0.15) is 18.3 Å². The van der Waals surface area contributed by atoms with Gasteiger partial charge >= 0.3 is 6.18 Å². The molecule has 0 spiro atoms. The van der Waals surface area contributed by atoms with E-state index in [1.54, 1.807) is 11.6 Å². The van der Waals surface area contributed by atoms with E-state index in [1.807, 2.05) is 0 Å². The highest BCUT2D eigenvalue weighted by Crippen LogP contribution is 2.19. The third-order valence-corrected chi connectivity index (χ3v) is 2.95. The quantitative estimate of drug-likeness (QED) is 0.865. The largest absolute Gasteiger partial charge is 0.406 e. The lowest BCUT2D eigenvalue weighted by Crippen LogP contribution is -2.39. The summed E-state index contributed by atoms with van der Waals surface area (Å²) in [4.78, 5) is 12.9. The number of carbonyl (C=O) groups is 1. The van der Waals surface area contributed by atoms with E-state index in [9.17, 15) is 18.0 Å². The fraction of sp³-hybridized carbons (Fsp3) is 0.667. The van der Waals surface area contributed by atoms with Gasteiger partial charge in [-0.05, 0) is 26.8 Å². The molecule has 0 fully saturated rings. The minimum absolute atomic E-state index is 0.00817. The molecule has 0 aliphatic carbocycles. The number of rotatable bonds is 6. The molecule has 0 bridgehead atoms. The van der Waals surface area contributed by atoms with Crippen molar-refractivity contribution < 1.29 is 18.0 Å². The molecule has 2 N–H and O–H groups in total. The average Bonchev–Trinajstić information content (AvgIpc) is 2.73. The van der Waals surface area contributed by atoms with Crippen molar-refractivity contribution in [1.82, 2.24) is 14.7 Å². The Bertz CT molecular complexity index is 456. The van der Waals surface area contributed by atoms with Crippen LogP contribution in [0.3, 0.4) is 0 Å². The number of nitrogens with two attached hydrogens (primary N) is 1. The van der Waals surface area contributed by atoms with E-state index in [0.29, 0.717) is 25.2 Å². The highest BCUT2D eigenvalue weighted by atomic mass is 19.4. The maximum atomic E-state index is 12.4. The molecule has 20 heavy (non-hydrogen) atoms. The van der Waals surface area contributed by atoms with E-state index in [4.69, 9.17) is 5.73 Å². The van der Waals surface area contributed by atoms with Crippen LogP contribution in [0.4, 0.5) is 13.2 Å². The van der Waals surface area contributed by atoms with Crippen LogP contribution in [0.1, 0.15) is 29.4 Å². The minimum atomic E-state index is -4.41. The first kappa shape index (κ1) is 16.5. The minimum Gasteiger partial charge on any atom is -0.330 e. The molecule has 0 radical (unpaired) electrons. The van der Waals surface area contributed by atoms with Gasteiger partial charge in [-0.25, -0.2) is 0 Å². The molecule has 0 aliphatic heterocycles. The highest BCUT2D eigenvalue weighted by molar-refractivity contribution is 5.95. The van der Waals surface area contributed by atoms with Crippen molar-refractivity contribution in [2.45, 2.75) is 33.0 Å². The van der Waals surface area contributed by atoms with Crippen molar-refractivity contribution >= 4 is 5.91 Å². The van der Waals surface area contributed by atoms with Gasteiger partial charge in [0, 0.05) is 18.8 Å². The Balaban J connectivity index is 2.87. The van der Waals surface area contributed by atoms with Gasteiger partial charge in [-0.3, -0.25) is 9.48 Å². The predicted octanol–water partition coefficient (Wildman–Crippen LogP) is 1.56. The molecule has 0 aliphatic rings. The number of amides is 1. The van der Waals surface area contributed by atoms with Gasteiger partial charge in [0.25, 0.3) is 5.91 Å². The first-order valence-corrected chi connectivity index (χ1v) is 6.38. The van der Waals surface area contributed by atoms with Crippen LogP contribution in [0.25, 0.3) is 0 Å². The Morgan fingerprint density at radius 3 is 2.65 bits per heavy atom. The topological polar surface area (TPSA) is 64.2 Å². The molecule has 1 amide bonds. The van der Waals surface area contributed by atoms with Crippen LogP contribution in [0.5, 0.6) is 0 Å². The van der Waals surface area contributed by atoms with Crippen molar-refractivity contribution in [2.75, 3.05) is 19.6 Å². The highest BCUT2D eigenvalue weighted by Gasteiger charge is 2.33. The summed E-state index contributed by atoms with van der Waals surface area (Å²) in [6.45, 7) is 2.94. The molecule has 1 aromatic rings. The number of hydrogen-bond acceptors (Lipinski definition) is 3. The molecule has 1 aromatic heterocycles. The van der Waals surface area contributed by atoms with Gasteiger partial charge in [-0.1, -0.05) is 0 Å². The summed E-state index contributed by atoms with van der Waals surface area (Å²) in [5.41, 5.74) is 6.15. The number of aryl methyl sites for hydroxylation is 1. The first-order chi connectivity index (χ1) is 9.30. The number of carbonyl (C=O) groups excluding carboxylic acids is 1. The maximum absolute atomic E-state index is 12.4. The number of aromatic nitrogens is 2. The lowest BCUT2D eigenvalue weighted by molar-refractivity contribution is -0.140. The normalized spacial score (nSPS) is 11.7. The van der Waals surface area contributed by atoms with Gasteiger partial charge < -0.3 is 10.6 Å². The Kier molecular flexibility index (Phi) is 5.55. The number of halogens is 3. The second-order valence-corrected chi connectivity index (χ2v) is 4.44. The van der Waals surface area contributed by atoms with Gasteiger partial charge in [0.1, 0.15) is 6.54 Å². The number of nitrogens with zero attached hydrogens (tertiary/aromatic N) is 3. The molecular weight excluding hydrogens is 273 g/mol. The summed E-state index contributed by atoms with van der Waals surface area (Å²) >= 11 is 0. The van der Waals surface area contributed by atoms with Crippen LogP contribution in [0.2, 0.25) is 0 Å². The molecule has 8 heteroatoms. The molecule has 0 aromatic carbocycles. The maximum Gasteiger partial charge on any atom is 0.406 e. The summed E-state index contributed by atoms with van der Waals surface area (Å²) in [6.07, 6.45) is -2.40. The molecule has 114 valence electrons. The first-order valence-electron chi connectivity index (χ1n) is 6.38. The molecule has 0 saturated carbocycles. The van der Waals surface area contributed by atoms with Crippen LogP contribution >= 0.6 is 0 Å². The zero-order valence-electron chi connectivity index (χ0n) is 11.6. The van der Waals surface area contributed by atoms with E-state index in [1.165, 1.54) is 13.1 Å². The Morgan fingerprint density at radius 1 is 1.50 bits per heavy atom. The molecular formula is C12H19F3N4O. The SMILES string of the molecule is CCN(CC(F)(F)F)C(=O)c1cnn(CCCN)c1C. The van der Waals surface area contributed by atoms with E-state index in [0.717, 1.165) is 4.90 Å². The van der Waals surface area contributed by atoms with Gasteiger partial charge in [0.2, 0.25) is 0 Å². The third kappa shape index (κ3) is 4.22. The monoisotopic (exact) mass is 292 g/mol. The van der Waals surface area contributed by atoms with Gasteiger partial charge in [0.05, 0.1) is 11.8 Å². The zero-order valence-corrected chi connectivity index (χ0v) is 11.6. The summed E-state index contributed by atoms with van der Waals surface area (Å²) in [7, 11) is 0. The van der Waals surface area contributed by atoms with Crippen LogP contribution in [0, 0.1) is 6.92 Å². The summed E-state index contributed by atoms with van der Waals surface area (Å²) in [5.74, 6) is -0.652. The summed E-state index contributed by atoms with van der Waals surface area (Å²) in [6, 6.07) is 0. The van der Waals surface area contributed by atoms with Crippen LogP contribution < -0.4 is 5.73 Å². The van der Waals surface area contributed by atoms with Crippen LogP contribution in [0.15, 0.2) is 6.20 Å². The molecule has 0 atom stereocenters. The van der Waals surface area contributed by atoms with Crippen LogP contribution in [-0.2, 0) is 6.54 Å². The summed E-state index contributed by atoms with van der Waals surface area (Å²) in [5, 5.41) is 4.02. The average molecular weight is 292 g/mol. The second-order valence-electron chi connectivity index (χ2n) is 4.44. The van der Waals surface area contributed by atoms with Crippen molar-refractivity contribution in [3.8, 4) is 0 Å². The molecule has 0 unspecified atom stereocenters. The standard InChI is InChI=1S/C12H19F3N4O/c1-3-18(8-12(13,14)15)11(20)10-7-17-19(9(10)2)6-4-5-16/h7H,3-6,8,16H2,1-2H3. The lowest BCUT2D eigenvalue weighted by atomic mass is 10.2. The number of hydrogen-bond donors (Lipinski definition) is 1. The third-order valence-electron chi connectivity index (χ3n) is 2.95. The van der Waals surface area contributed by atoms with Crippen LogP contribution in [-0.4, -0.2) is 46.4 Å². The Morgan fingerprint density at radius 2 is 2.15 bits per heavy atom. The van der Waals surface area contributed by atoms with E-state index in [2.05, 4.69) is 5.10 Å². The smallest absolute Gasteiger partial charge is 0.330 e. The van der Waals surface area contributed by atoms with Crippen molar-refractivity contribution in [3.05, 3.63) is 17.5 Å². The number of alkyl halides is 3. The van der Waals surface area contributed by atoms with E-state index < -0.39 is 18.6 Å². The molecule has 0 saturated heterocycles. The zero-order chi connectivity index (χ0) is 15.3. The van der Waals surface area contributed by atoms with Crippen molar-refractivity contribution in [2.24, 2.45) is 5.73 Å². The van der Waals surface area contributed by atoms with Gasteiger partial charge in [-0.15, -0.1) is 0 Å². The van der Waals surface area contributed by atoms with Gasteiger partial charge in [0.15, 0.2) is 0 Å². The predicted molar refractivity (Wildman–Crippen MR) is 68.3 cm³/mol. The van der Waals surface area contributed by atoms with Crippen molar-refractivity contribution in [1.29, 1.82) is 0 Å². The Labute approximate surface area is 115 Å². The molecule has 1 rings (SSSR count). The molecule has 1 heterocycles. The summed E-state index contributed by atoms with van der Waals surface area (Å²) < 4.78 is 38.8. The lowest BCUT2D eigenvalue weighted by Gasteiger charge is -2.22. The fourth-order valence-electron chi connectivity index (χ4n) is 1.84.